The third-order valence-electron chi connectivity index (χ3n) is 5.95. The van der Waals surface area contributed by atoms with Crippen molar-refractivity contribution < 1.29 is 14.6 Å². The van der Waals surface area contributed by atoms with Crippen LogP contribution in [0.2, 0.25) is 0 Å². The summed E-state index contributed by atoms with van der Waals surface area (Å²) in [6.45, 7) is 8.54. The third-order valence-corrected chi connectivity index (χ3v) is 5.95. The van der Waals surface area contributed by atoms with E-state index >= 15 is 0 Å². The Morgan fingerprint density at radius 2 is 2.23 bits per heavy atom. The minimum Gasteiger partial charge on any atom is -0.466 e. The van der Waals surface area contributed by atoms with Gasteiger partial charge in [-0.25, -0.2) is 4.68 Å². The lowest BCUT2D eigenvalue weighted by molar-refractivity contribution is -0.143. The Morgan fingerprint density at radius 1 is 1.40 bits per heavy atom. The number of aliphatic hydroxyl groups is 1. The fourth-order valence-electron chi connectivity index (χ4n) is 4.43. The number of rotatable bonds is 7. The average molecular weight is 405 g/mol. The van der Waals surface area contributed by atoms with Gasteiger partial charge < -0.3 is 9.84 Å². The smallest absolute Gasteiger partial charge is 0.306 e. The number of aromatic nitrogens is 3. The number of allylic oxidation sites excluding steroid dienone is 1. The number of aliphatic hydroxyl groups excluding tert-OH is 1. The van der Waals surface area contributed by atoms with Gasteiger partial charge in [-0.2, -0.15) is 0 Å². The van der Waals surface area contributed by atoms with Gasteiger partial charge in [0, 0.05) is 5.92 Å². The van der Waals surface area contributed by atoms with Crippen molar-refractivity contribution in [2.75, 3.05) is 6.61 Å². The fourth-order valence-corrected chi connectivity index (χ4v) is 4.43. The van der Waals surface area contributed by atoms with E-state index in [9.17, 15) is 9.90 Å². The van der Waals surface area contributed by atoms with Crippen LogP contribution in [0.15, 0.2) is 43.0 Å². The molecule has 0 radical (unpaired) electrons. The molecule has 0 aliphatic heterocycles. The van der Waals surface area contributed by atoms with Crippen LogP contribution >= 0.6 is 0 Å². The van der Waals surface area contributed by atoms with E-state index in [0.717, 1.165) is 46.1 Å². The van der Waals surface area contributed by atoms with Crippen LogP contribution in [0.25, 0.3) is 11.0 Å². The Bertz CT molecular complexity index is 1100. The van der Waals surface area contributed by atoms with E-state index in [1.807, 2.05) is 30.7 Å². The van der Waals surface area contributed by atoms with Crippen molar-refractivity contribution in [2.45, 2.75) is 51.7 Å². The van der Waals surface area contributed by atoms with Gasteiger partial charge in [0.2, 0.25) is 0 Å². The van der Waals surface area contributed by atoms with E-state index in [0.29, 0.717) is 13.2 Å². The van der Waals surface area contributed by atoms with Gasteiger partial charge in [-0.1, -0.05) is 35.6 Å². The first-order chi connectivity index (χ1) is 14.5. The summed E-state index contributed by atoms with van der Waals surface area (Å²) in [4.78, 5) is 12.4. The Kier molecular flexibility index (Phi) is 5.68. The average Bonchev–Trinajstić information content (AvgIpc) is 3.31. The monoisotopic (exact) mass is 405 g/mol. The van der Waals surface area contributed by atoms with E-state index in [1.54, 1.807) is 6.08 Å². The van der Waals surface area contributed by atoms with Crippen LogP contribution in [-0.2, 0) is 22.5 Å². The molecule has 4 rings (SSSR count). The van der Waals surface area contributed by atoms with Crippen molar-refractivity contribution in [3.05, 3.63) is 70.8 Å². The lowest BCUT2D eigenvalue weighted by atomic mass is 9.84. The maximum atomic E-state index is 12.4. The zero-order valence-corrected chi connectivity index (χ0v) is 17.5. The topological polar surface area (TPSA) is 77.2 Å². The van der Waals surface area contributed by atoms with Gasteiger partial charge in [0.25, 0.3) is 0 Å². The van der Waals surface area contributed by atoms with Crippen molar-refractivity contribution >= 4 is 17.0 Å². The Labute approximate surface area is 176 Å². The molecule has 2 atom stereocenters. The molecule has 6 heteroatoms. The molecule has 0 bridgehead atoms. The van der Waals surface area contributed by atoms with Crippen LogP contribution < -0.4 is 0 Å². The molecule has 0 fully saturated rings. The number of esters is 1. The molecule has 1 N–H and O–H groups in total. The molecule has 6 nitrogen and oxygen atoms in total. The van der Waals surface area contributed by atoms with Crippen LogP contribution in [0.1, 0.15) is 59.6 Å². The van der Waals surface area contributed by atoms with Gasteiger partial charge in [0.05, 0.1) is 31.2 Å². The Morgan fingerprint density at radius 3 is 3.00 bits per heavy atom. The van der Waals surface area contributed by atoms with Crippen molar-refractivity contribution in [1.82, 2.24) is 15.0 Å². The quantitative estimate of drug-likeness (QED) is 0.475. The molecular formula is C24H27N3O3. The van der Waals surface area contributed by atoms with Crippen LogP contribution in [0.5, 0.6) is 0 Å². The molecule has 0 spiro atoms. The molecule has 156 valence electrons. The predicted molar refractivity (Wildman–Crippen MR) is 115 cm³/mol. The highest BCUT2D eigenvalue weighted by atomic mass is 16.5. The number of nitrogens with zero attached hydrogens (tertiary/aromatic N) is 3. The SMILES string of the molecule is C=CCn1nnc2c(C)c(C(CC(=O)OCC)c3ccc4c(c3)C(O)CC4)ccc21. The zero-order chi connectivity index (χ0) is 21.3. The molecule has 30 heavy (non-hydrogen) atoms. The number of hydrogen-bond acceptors (Lipinski definition) is 5. The number of benzene rings is 2. The van der Waals surface area contributed by atoms with Gasteiger partial charge in [-0.3, -0.25) is 4.79 Å². The Balaban J connectivity index is 1.80. The second-order valence-electron chi connectivity index (χ2n) is 7.78. The van der Waals surface area contributed by atoms with E-state index in [1.165, 1.54) is 5.56 Å². The lowest BCUT2D eigenvalue weighted by Crippen LogP contribution is -2.13. The molecule has 1 aliphatic rings. The van der Waals surface area contributed by atoms with E-state index < -0.39 is 6.10 Å². The number of aryl methyl sites for hydroxylation is 2. The number of ether oxygens (including phenoxy) is 1. The molecule has 0 saturated heterocycles. The molecule has 0 amide bonds. The zero-order valence-electron chi connectivity index (χ0n) is 17.5. The summed E-state index contributed by atoms with van der Waals surface area (Å²) >= 11 is 0. The second kappa shape index (κ2) is 8.40. The first-order valence-corrected chi connectivity index (χ1v) is 10.4. The van der Waals surface area contributed by atoms with E-state index in [2.05, 4.69) is 35.1 Å². The van der Waals surface area contributed by atoms with Gasteiger partial charge in [0.1, 0.15) is 5.52 Å². The molecule has 1 aromatic heterocycles. The summed E-state index contributed by atoms with van der Waals surface area (Å²) in [7, 11) is 0. The standard InChI is InChI=1S/C24H27N3O3/c1-4-12-27-21-10-9-18(15(3)24(21)25-26-27)19(14-23(29)30-5-2)17-7-6-16-8-11-22(28)20(16)13-17/h4,6-7,9-10,13,19,22,28H,1,5,8,11-12,14H2,2-3H3. The van der Waals surface area contributed by atoms with Crippen LogP contribution in [-0.4, -0.2) is 32.7 Å². The van der Waals surface area contributed by atoms with Crippen molar-refractivity contribution in [3.63, 3.8) is 0 Å². The highest BCUT2D eigenvalue weighted by molar-refractivity contribution is 5.80. The summed E-state index contributed by atoms with van der Waals surface area (Å²) in [6.07, 6.45) is 3.22. The predicted octanol–water partition coefficient (Wildman–Crippen LogP) is 3.99. The van der Waals surface area contributed by atoms with E-state index in [4.69, 9.17) is 4.74 Å². The summed E-state index contributed by atoms with van der Waals surface area (Å²) in [6, 6.07) is 10.2. The fraction of sp³-hybridized carbons (Fsp3) is 0.375. The largest absolute Gasteiger partial charge is 0.466 e. The van der Waals surface area contributed by atoms with Crippen molar-refractivity contribution in [3.8, 4) is 0 Å². The highest BCUT2D eigenvalue weighted by Crippen LogP contribution is 2.38. The second-order valence-corrected chi connectivity index (χ2v) is 7.78. The summed E-state index contributed by atoms with van der Waals surface area (Å²) in [5, 5.41) is 19.0. The first-order valence-electron chi connectivity index (χ1n) is 10.4. The van der Waals surface area contributed by atoms with Crippen LogP contribution in [0.3, 0.4) is 0 Å². The molecule has 1 heterocycles. The highest BCUT2D eigenvalue weighted by Gasteiger charge is 2.26. The van der Waals surface area contributed by atoms with Gasteiger partial charge in [-0.15, -0.1) is 11.7 Å². The van der Waals surface area contributed by atoms with Gasteiger partial charge >= 0.3 is 5.97 Å². The maximum absolute atomic E-state index is 12.4. The van der Waals surface area contributed by atoms with Crippen molar-refractivity contribution in [2.24, 2.45) is 0 Å². The summed E-state index contributed by atoms with van der Waals surface area (Å²) in [5.41, 5.74) is 6.94. The third kappa shape index (κ3) is 3.63. The van der Waals surface area contributed by atoms with Crippen LogP contribution in [0, 0.1) is 6.92 Å². The molecule has 2 unspecified atom stereocenters. The molecule has 1 aliphatic carbocycles. The number of fused-ring (bicyclic) bond motifs is 2. The molecule has 2 aromatic carbocycles. The number of carbonyl (C=O) groups excluding carboxylic acids is 1. The maximum Gasteiger partial charge on any atom is 0.306 e. The molecule has 0 saturated carbocycles. The summed E-state index contributed by atoms with van der Waals surface area (Å²) in [5.74, 6) is -0.422. The van der Waals surface area contributed by atoms with Crippen LogP contribution in [0.4, 0.5) is 0 Å². The minimum absolute atomic E-state index is 0.184. The lowest BCUT2D eigenvalue weighted by Gasteiger charge is -2.21. The first kappa shape index (κ1) is 20.3. The molecule has 3 aromatic rings. The van der Waals surface area contributed by atoms with Gasteiger partial charge in [0.15, 0.2) is 0 Å². The van der Waals surface area contributed by atoms with Crippen molar-refractivity contribution in [1.29, 1.82) is 0 Å². The van der Waals surface area contributed by atoms with E-state index in [-0.39, 0.29) is 18.3 Å². The van der Waals surface area contributed by atoms with Gasteiger partial charge in [-0.05, 0) is 60.6 Å². The molecular weight excluding hydrogens is 378 g/mol. The summed E-state index contributed by atoms with van der Waals surface area (Å²) < 4.78 is 7.07. The minimum atomic E-state index is -0.439. The number of hydrogen-bond donors (Lipinski definition) is 1. The normalized spacial score (nSPS) is 16.4. The Hall–Kier alpha value is -2.99. The number of carbonyl (C=O) groups is 1.